The number of hydrogen-bond donors (Lipinski definition) is 1. The average molecular weight is 308 g/mol. The first-order valence-corrected chi connectivity index (χ1v) is 7.67. The zero-order valence-corrected chi connectivity index (χ0v) is 13.4. The van der Waals surface area contributed by atoms with Crippen molar-refractivity contribution in [1.82, 2.24) is 4.90 Å². The van der Waals surface area contributed by atoms with Crippen molar-refractivity contribution in [3.63, 3.8) is 0 Å². The topological polar surface area (TPSA) is 75.8 Å². The van der Waals surface area contributed by atoms with E-state index in [9.17, 15) is 15.2 Å². The number of aliphatic hydroxyl groups is 1. The molecule has 1 aliphatic rings. The second-order valence-corrected chi connectivity index (χ2v) is 6.32. The number of nitrogens with zero attached hydrogens (tertiary/aromatic N) is 2. The van der Waals surface area contributed by atoms with E-state index in [0.717, 1.165) is 18.4 Å². The van der Waals surface area contributed by atoms with Gasteiger partial charge in [0.25, 0.3) is 5.69 Å². The van der Waals surface area contributed by atoms with Crippen molar-refractivity contribution in [2.24, 2.45) is 5.92 Å². The molecule has 0 amide bonds. The van der Waals surface area contributed by atoms with Crippen LogP contribution in [0.5, 0.6) is 5.75 Å². The fourth-order valence-corrected chi connectivity index (χ4v) is 2.48. The Morgan fingerprint density at radius 3 is 2.68 bits per heavy atom. The number of ether oxygens (including phenoxy) is 1. The van der Waals surface area contributed by atoms with Crippen molar-refractivity contribution in [2.45, 2.75) is 45.4 Å². The van der Waals surface area contributed by atoms with Gasteiger partial charge in [-0.2, -0.15) is 0 Å². The van der Waals surface area contributed by atoms with Crippen molar-refractivity contribution in [3.05, 3.63) is 33.9 Å². The number of aliphatic hydroxyl groups excluding tert-OH is 1. The minimum absolute atomic E-state index is 0.00238. The van der Waals surface area contributed by atoms with E-state index in [-0.39, 0.29) is 17.9 Å². The van der Waals surface area contributed by atoms with Crippen molar-refractivity contribution in [1.29, 1.82) is 0 Å². The lowest BCUT2D eigenvalue weighted by atomic mass is 10.1. The fourth-order valence-electron chi connectivity index (χ4n) is 2.48. The molecule has 0 saturated heterocycles. The molecule has 0 aliphatic heterocycles. The van der Waals surface area contributed by atoms with Crippen LogP contribution in [0.25, 0.3) is 0 Å². The van der Waals surface area contributed by atoms with Crippen LogP contribution in [0.1, 0.15) is 32.3 Å². The SMILES string of the molecule is CC(C)Oc1ccc([N+](=O)[O-])cc1CN(C)CC(O)C1CC1. The lowest BCUT2D eigenvalue weighted by Gasteiger charge is -2.22. The van der Waals surface area contributed by atoms with Gasteiger partial charge in [0.15, 0.2) is 0 Å². The lowest BCUT2D eigenvalue weighted by Crippen LogP contribution is -2.30. The minimum atomic E-state index is -0.401. The molecule has 6 heteroatoms. The molecule has 2 rings (SSSR count). The zero-order chi connectivity index (χ0) is 16.3. The summed E-state index contributed by atoms with van der Waals surface area (Å²) in [6.07, 6.45) is 1.86. The number of rotatable bonds is 8. The van der Waals surface area contributed by atoms with Crippen molar-refractivity contribution < 1.29 is 14.8 Å². The van der Waals surface area contributed by atoms with Crippen LogP contribution in [0.2, 0.25) is 0 Å². The van der Waals surface area contributed by atoms with Gasteiger partial charge in [-0.25, -0.2) is 0 Å². The second kappa shape index (κ2) is 7.07. The van der Waals surface area contributed by atoms with E-state index in [1.807, 2.05) is 25.8 Å². The maximum Gasteiger partial charge on any atom is 0.270 e. The van der Waals surface area contributed by atoms with Gasteiger partial charge in [-0.3, -0.25) is 15.0 Å². The highest BCUT2D eigenvalue weighted by Crippen LogP contribution is 2.33. The predicted octanol–water partition coefficient (Wildman–Crippen LogP) is 2.58. The molecule has 1 aliphatic carbocycles. The van der Waals surface area contributed by atoms with Crippen LogP contribution < -0.4 is 4.74 Å². The maximum absolute atomic E-state index is 11.0. The molecule has 1 unspecified atom stereocenters. The van der Waals surface area contributed by atoms with E-state index in [0.29, 0.717) is 24.8 Å². The Hall–Kier alpha value is -1.66. The molecule has 1 saturated carbocycles. The summed E-state index contributed by atoms with van der Waals surface area (Å²) in [5.74, 6) is 1.08. The molecule has 1 N–H and O–H groups in total. The standard InChI is InChI=1S/C16H24N2O4/c1-11(2)22-16-7-6-14(18(20)21)8-13(16)9-17(3)10-15(19)12-4-5-12/h6-8,11-12,15,19H,4-5,9-10H2,1-3H3. The number of likely N-dealkylation sites (N-methyl/N-ethyl adjacent to an activating group) is 1. The van der Waals surface area contributed by atoms with E-state index in [4.69, 9.17) is 4.74 Å². The third-order valence-corrected chi connectivity index (χ3v) is 3.72. The summed E-state index contributed by atoms with van der Waals surface area (Å²) in [6.45, 7) is 4.92. The first-order chi connectivity index (χ1) is 10.4. The summed E-state index contributed by atoms with van der Waals surface area (Å²) in [5, 5.41) is 21.0. The third-order valence-electron chi connectivity index (χ3n) is 3.72. The number of benzene rings is 1. The van der Waals surface area contributed by atoms with Crippen molar-refractivity contribution in [2.75, 3.05) is 13.6 Å². The van der Waals surface area contributed by atoms with Crippen LogP contribution in [0.15, 0.2) is 18.2 Å². The summed E-state index contributed by atoms with van der Waals surface area (Å²) < 4.78 is 5.73. The second-order valence-electron chi connectivity index (χ2n) is 6.32. The highest BCUT2D eigenvalue weighted by molar-refractivity contribution is 5.43. The minimum Gasteiger partial charge on any atom is -0.491 e. The van der Waals surface area contributed by atoms with Gasteiger partial charge >= 0.3 is 0 Å². The fraction of sp³-hybridized carbons (Fsp3) is 0.625. The Bertz CT molecular complexity index is 529. The molecule has 1 fully saturated rings. The van der Waals surface area contributed by atoms with Gasteiger partial charge in [0.1, 0.15) is 5.75 Å². The van der Waals surface area contributed by atoms with Gasteiger partial charge in [0, 0.05) is 30.8 Å². The van der Waals surface area contributed by atoms with E-state index in [1.165, 1.54) is 6.07 Å². The van der Waals surface area contributed by atoms with Crippen LogP contribution in [-0.2, 0) is 6.54 Å². The van der Waals surface area contributed by atoms with Gasteiger partial charge in [-0.1, -0.05) is 0 Å². The normalized spacial score (nSPS) is 16.1. The third kappa shape index (κ3) is 4.68. The molecule has 122 valence electrons. The summed E-state index contributed by atoms with van der Waals surface area (Å²) in [4.78, 5) is 12.5. The summed E-state index contributed by atoms with van der Waals surface area (Å²) in [5.41, 5.74) is 0.829. The van der Waals surface area contributed by atoms with E-state index in [2.05, 4.69) is 0 Å². The largest absolute Gasteiger partial charge is 0.491 e. The average Bonchev–Trinajstić information content (AvgIpc) is 3.24. The smallest absolute Gasteiger partial charge is 0.270 e. The molecule has 0 spiro atoms. The molecule has 1 aromatic rings. The summed E-state index contributed by atoms with van der Waals surface area (Å²) in [7, 11) is 1.91. The molecule has 0 bridgehead atoms. The number of non-ortho nitro benzene ring substituents is 1. The molecule has 0 aromatic heterocycles. The molecule has 1 aromatic carbocycles. The molecule has 0 radical (unpaired) electrons. The molecule has 1 atom stereocenters. The molecule has 0 heterocycles. The van der Waals surface area contributed by atoms with Crippen LogP contribution in [0.4, 0.5) is 5.69 Å². The monoisotopic (exact) mass is 308 g/mol. The zero-order valence-electron chi connectivity index (χ0n) is 13.4. The van der Waals surface area contributed by atoms with E-state index >= 15 is 0 Å². The first-order valence-electron chi connectivity index (χ1n) is 7.67. The quantitative estimate of drug-likeness (QED) is 0.590. The number of nitro benzene ring substituents is 1. The van der Waals surface area contributed by atoms with Gasteiger partial charge in [0.2, 0.25) is 0 Å². The predicted molar refractivity (Wildman–Crippen MR) is 83.9 cm³/mol. The van der Waals surface area contributed by atoms with Crippen molar-refractivity contribution in [3.8, 4) is 5.75 Å². The van der Waals surface area contributed by atoms with E-state index < -0.39 is 4.92 Å². The van der Waals surface area contributed by atoms with E-state index in [1.54, 1.807) is 12.1 Å². The Labute approximate surface area is 130 Å². The highest BCUT2D eigenvalue weighted by atomic mass is 16.6. The summed E-state index contributed by atoms with van der Waals surface area (Å²) >= 11 is 0. The Morgan fingerprint density at radius 1 is 1.45 bits per heavy atom. The van der Waals surface area contributed by atoms with Crippen LogP contribution in [0.3, 0.4) is 0 Å². The Morgan fingerprint density at radius 2 is 2.14 bits per heavy atom. The van der Waals surface area contributed by atoms with Gasteiger partial charge in [0.05, 0.1) is 17.1 Å². The first kappa shape index (κ1) is 16.7. The number of hydrogen-bond acceptors (Lipinski definition) is 5. The molecule has 22 heavy (non-hydrogen) atoms. The van der Waals surface area contributed by atoms with Crippen LogP contribution in [0, 0.1) is 16.0 Å². The van der Waals surface area contributed by atoms with Crippen LogP contribution >= 0.6 is 0 Å². The molecule has 6 nitrogen and oxygen atoms in total. The molecular weight excluding hydrogens is 284 g/mol. The summed E-state index contributed by atoms with van der Waals surface area (Å²) in [6, 6.07) is 4.66. The highest BCUT2D eigenvalue weighted by Gasteiger charge is 2.30. The van der Waals surface area contributed by atoms with Crippen LogP contribution in [-0.4, -0.2) is 40.7 Å². The number of nitro groups is 1. The van der Waals surface area contributed by atoms with Gasteiger partial charge < -0.3 is 9.84 Å². The van der Waals surface area contributed by atoms with Crippen molar-refractivity contribution >= 4 is 5.69 Å². The molecular formula is C16H24N2O4. The maximum atomic E-state index is 11.0. The Balaban J connectivity index is 2.10. The lowest BCUT2D eigenvalue weighted by molar-refractivity contribution is -0.385. The van der Waals surface area contributed by atoms with Gasteiger partial charge in [-0.15, -0.1) is 0 Å². The Kier molecular flexibility index (Phi) is 5.37. The van der Waals surface area contributed by atoms with Gasteiger partial charge in [-0.05, 0) is 45.7 Å².